The fourth-order valence-corrected chi connectivity index (χ4v) is 3.16. The number of nitrogens with zero attached hydrogens (tertiary/aromatic N) is 2. The summed E-state index contributed by atoms with van der Waals surface area (Å²) in [6.45, 7) is 0.744. The zero-order chi connectivity index (χ0) is 14.9. The van der Waals surface area contributed by atoms with Gasteiger partial charge in [-0.25, -0.2) is 0 Å². The number of hydrogen-bond acceptors (Lipinski definition) is 3. The van der Waals surface area contributed by atoms with Crippen LogP contribution in [0.15, 0.2) is 22.7 Å². The Morgan fingerprint density at radius 1 is 1.35 bits per heavy atom. The third-order valence-electron chi connectivity index (χ3n) is 4.36. The maximum atomic E-state index is 12.5. The van der Waals surface area contributed by atoms with E-state index in [1.807, 2.05) is 13.1 Å². The molecule has 0 aromatic heterocycles. The Hall–Kier alpha value is -1.07. The smallest absolute Gasteiger partial charge is 0.255 e. The van der Waals surface area contributed by atoms with Gasteiger partial charge in [0.15, 0.2) is 0 Å². The van der Waals surface area contributed by atoms with E-state index in [0.29, 0.717) is 11.3 Å². The Bertz CT molecular complexity index is 512. The molecule has 0 saturated heterocycles. The van der Waals surface area contributed by atoms with Gasteiger partial charge in [-0.1, -0.05) is 15.9 Å². The summed E-state index contributed by atoms with van der Waals surface area (Å²) in [5, 5.41) is 0. The molecule has 1 aliphatic rings. The van der Waals surface area contributed by atoms with Crippen molar-refractivity contribution in [1.82, 2.24) is 9.80 Å². The Morgan fingerprint density at radius 2 is 2.00 bits per heavy atom. The molecule has 20 heavy (non-hydrogen) atoms. The van der Waals surface area contributed by atoms with Crippen molar-refractivity contribution >= 4 is 27.5 Å². The normalized spacial score (nSPS) is 16.9. The van der Waals surface area contributed by atoms with E-state index in [1.165, 1.54) is 6.42 Å². The molecule has 2 N–H and O–H groups in total. The Kier molecular flexibility index (Phi) is 4.39. The molecule has 2 rings (SSSR count). The van der Waals surface area contributed by atoms with Gasteiger partial charge in [-0.15, -0.1) is 0 Å². The van der Waals surface area contributed by atoms with Crippen LogP contribution < -0.4 is 5.73 Å². The standard InChI is InChI=1S/C15H22BrN3O/c1-18(2)15(7-4-8-15)10-19(3)14(20)12-6-5-11(16)9-13(12)17/h5-6,9H,4,7-8,10,17H2,1-3H3. The van der Waals surface area contributed by atoms with Crippen molar-refractivity contribution in [3.63, 3.8) is 0 Å². The summed E-state index contributed by atoms with van der Waals surface area (Å²) >= 11 is 3.36. The summed E-state index contributed by atoms with van der Waals surface area (Å²) in [5.41, 5.74) is 7.17. The van der Waals surface area contributed by atoms with E-state index in [9.17, 15) is 4.79 Å². The number of nitrogens with two attached hydrogens (primary N) is 1. The van der Waals surface area contributed by atoms with E-state index in [1.54, 1.807) is 17.0 Å². The van der Waals surface area contributed by atoms with Crippen LogP contribution in [0.2, 0.25) is 0 Å². The zero-order valence-electron chi connectivity index (χ0n) is 12.3. The number of halogens is 1. The number of likely N-dealkylation sites (N-methyl/N-ethyl adjacent to an activating group) is 2. The van der Waals surface area contributed by atoms with E-state index in [4.69, 9.17) is 5.73 Å². The molecular formula is C15H22BrN3O. The average molecular weight is 340 g/mol. The molecule has 0 aliphatic heterocycles. The highest BCUT2D eigenvalue weighted by molar-refractivity contribution is 9.10. The molecule has 1 aromatic carbocycles. The van der Waals surface area contributed by atoms with Crippen LogP contribution in [0, 0.1) is 0 Å². The number of hydrogen-bond donors (Lipinski definition) is 1. The second kappa shape index (κ2) is 5.74. The Labute approximate surface area is 129 Å². The molecule has 1 saturated carbocycles. The second-order valence-electron chi connectivity index (χ2n) is 5.87. The quantitative estimate of drug-likeness (QED) is 0.857. The summed E-state index contributed by atoms with van der Waals surface area (Å²) in [5.74, 6) is -0.0110. The molecule has 0 unspecified atom stereocenters. The number of anilines is 1. The largest absolute Gasteiger partial charge is 0.398 e. The minimum atomic E-state index is -0.0110. The molecule has 0 spiro atoms. The fraction of sp³-hybridized carbons (Fsp3) is 0.533. The number of carbonyl (C=O) groups excluding carboxylic acids is 1. The summed E-state index contributed by atoms with van der Waals surface area (Å²) < 4.78 is 0.887. The lowest BCUT2D eigenvalue weighted by atomic mass is 9.75. The van der Waals surface area contributed by atoms with Crippen molar-refractivity contribution in [2.75, 3.05) is 33.4 Å². The monoisotopic (exact) mass is 339 g/mol. The van der Waals surface area contributed by atoms with Crippen molar-refractivity contribution in [1.29, 1.82) is 0 Å². The van der Waals surface area contributed by atoms with Crippen molar-refractivity contribution in [3.05, 3.63) is 28.2 Å². The molecule has 0 heterocycles. The molecule has 0 radical (unpaired) electrons. The van der Waals surface area contributed by atoms with Crippen LogP contribution in [0.4, 0.5) is 5.69 Å². The number of amides is 1. The molecule has 1 aliphatic carbocycles. The summed E-state index contributed by atoms with van der Waals surface area (Å²) in [7, 11) is 6.03. The lowest BCUT2D eigenvalue weighted by Crippen LogP contribution is -2.57. The number of benzene rings is 1. The van der Waals surface area contributed by atoms with Crippen LogP contribution >= 0.6 is 15.9 Å². The molecule has 110 valence electrons. The lowest BCUT2D eigenvalue weighted by molar-refractivity contribution is 0.0253. The first-order valence-electron chi connectivity index (χ1n) is 6.84. The highest BCUT2D eigenvalue weighted by Gasteiger charge is 2.40. The van der Waals surface area contributed by atoms with Gasteiger partial charge in [-0.05, 0) is 51.6 Å². The number of carbonyl (C=O) groups is 1. The minimum absolute atomic E-state index is 0.0110. The molecule has 5 heteroatoms. The van der Waals surface area contributed by atoms with Crippen LogP contribution in [0.25, 0.3) is 0 Å². The number of rotatable bonds is 4. The molecule has 0 atom stereocenters. The van der Waals surface area contributed by atoms with Gasteiger partial charge in [0, 0.05) is 29.3 Å². The first-order chi connectivity index (χ1) is 9.35. The fourth-order valence-electron chi connectivity index (χ4n) is 2.78. The minimum Gasteiger partial charge on any atom is -0.398 e. The van der Waals surface area contributed by atoms with Gasteiger partial charge in [-0.2, -0.15) is 0 Å². The van der Waals surface area contributed by atoms with Gasteiger partial charge in [0.2, 0.25) is 0 Å². The van der Waals surface area contributed by atoms with Crippen LogP contribution in [0.3, 0.4) is 0 Å². The number of nitrogen functional groups attached to an aromatic ring is 1. The van der Waals surface area contributed by atoms with Crippen LogP contribution in [0.1, 0.15) is 29.6 Å². The Morgan fingerprint density at radius 3 is 2.45 bits per heavy atom. The average Bonchev–Trinajstić information content (AvgIpc) is 2.32. The predicted octanol–water partition coefficient (Wildman–Crippen LogP) is 2.59. The predicted molar refractivity (Wildman–Crippen MR) is 85.8 cm³/mol. The summed E-state index contributed by atoms with van der Waals surface area (Å²) in [6, 6.07) is 5.40. The van der Waals surface area contributed by atoms with Crippen LogP contribution in [0.5, 0.6) is 0 Å². The molecular weight excluding hydrogens is 318 g/mol. The third-order valence-corrected chi connectivity index (χ3v) is 4.85. The Balaban J connectivity index is 2.12. The van der Waals surface area contributed by atoms with Gasteiger partial charge < -0.3 is 15.5 Å². The van der Waals surface area contributed by atoms with Gasteiger partial charge >= 0.3 is 0 Å². The van der Waals surface area contributed by atoms with Crippen molar-refractivity contribution in [2.24, 2.45) is 0 Å². The SMILES string of the molecule is CN(CC1(N(C)C)CCC1)C(=O)c1ccc(Br)cc1N. The van der Waals surface area contributed by atoms with Gasteiger partial charge in [-0.3, -0.25) is 4.79 Å². The first kappa shape index (κ1) is 15.3. The van der Waals surface area contributed by atoms with Crippen molar-refractivity contribution in [3.8, 4) is 0 Å². The van der Waals surface area contributed by atoms with Crippen LogP contribution in [-0.4, -0.2) is 48.9 Å². The van der Waals surface area contributed by atoms with E-state index in [0.717, 1.165) is 23.9 Å². The van der Waals surface area contributed by atoms with Crippen LogP contribution in [-0.2, 0) is 0 Å². The summed E-state index contributed by atoms with van der Waals surface area (Å²) in [6.07, 6.45) is 3.53. The molecule has 4 nitrogen and oxygen atoms in total. The van der Waals surface area contributed by atoms with Gasteiger partial charge in [0.1, 0.15) is 0 Å². The zero-order valence-corrected chi connectivity index (χ0v) is 13.9. The highest BCUT2D eigenvalue weighted by Crippen LogP contribution is 2.37. The highest BCUT2D eigenvalue weighted by atomic mass is 79.9. The molecule has 0 bridgehead atoms. The summed E-state index contributed by atoms with van der Waals surface area (Å²) in [4.78, 5) is 16.6. The third kappa shape index (κ3) is 2.83. The van der Waals surface area contributed by atoms with E-state index < -0.39 is 0 Å². The van der Waals surface area contributed by atoms with Crippen molar-refractivity contribution in [2.45, 2.75) is 24.8 Å². The van der Waals surface area contributed by atoms with E-state index >= 15 is 0 Å². The second-order valence-corrected chi connectivity index (χ2v) is 6.78. The maximum Gasteiger partial charge on any atom is 0.255 e. The van der Waals surface area contributed by atoms with E-state index in [2.05, 4.69) is 34.9 Å². The first-order valence-corrected chi connectivity index (χ1v) is 7.63. The molecule has 1 amide bonds. The van der Waals surface area contributed by atoms with Gasteiger partial charge in [0.25, 0.3) is 5.91 Å². The lowest BCUT2D eigenvalue weighted by Gasteiger charge is -2.49. The van der Waals surface area contributed by atoms with E-state index in [-0.39, 0.29) is 11.4 Å². The maximum absolute atomic E-state index is 12.5. The molecule has 1 aromatic rings. The molecule has 1 fully saturated rings. The van der Waals surface area contributed by atoms with Crippen molar-refractivity contribution < 1.29 is 4.79 Å². The topological polar surface area (TPSA) is 49.6 Å². The van der Waals surface area contributed by atoms with Gasteiger partial charge in [0.05, 0.1) is 5.56 Å².